The van der Waals surface area contributed by atoms with Crippen LogP contribution in [-0.4, -0.2) is 19.9 Å². The zero-order valence-corrected chi connectivity index (χ0v) is 21.1. The number of carbonyl (C=O) groups excluding carboxylic acids is 1. The van der Waals surface area contributed by atoms with E-state index in [-0.39, 0.29) is 22.3 Å². The Kier molecular flexibility index (Phi) is 6.28. The highest BCUT2D eigenvalue weighted by atomic mass is 28.4. The predicted octanol–water partition coefficient (Wildman–Crippen LogP) is 7.09. The molecule has 0 N–H and O–H groups in total. The third kappa shape index (κ3) is 4.37. The molecule has 4 heteroatoms. The summed E-state index contributed by atoms with van der Waals surface area (Å²) in [6.07, 6.45) is 9.97. The number of hydrogen-bond donors (Lipinski definition) is 0. The van der Waals surface area contributed by atoms with Crippen molar-refractivity contribution in [1.82, 2.24) is 0 Å². The first kappa shape index (κ1) is 23.5. The van der Waals surface area contributed by atoms with E-state index in [0.29, 0.717) is 11.3 Å². The lowest BCUT2D eigenvalue weighted by atomic mass is 9.45. The Morgan fingerprint density at radius 3 is 2.21 bits per heavy atom. The van der Waals surface area contributed by atoms with Gasteiger partial charge in [-0.3, -0.25) is 4.79 Å². The van der Waals surface area contributed by atoms with Crippen LogP contribution in [0.15, 0.2) is 12.3 Å². The minimum absolute atomic E-state index is 0.123. The number of esters is 1. The van der Waals surface area contributed by atoms with Crippen molar-refractivity contribution in [1.29, 1.82) is 0 Å². The molecule has 0 amide bonds. The highest BCUT2D eigenvalue weighted by molar-refractivity contribution is 6.74. The smallest absolute Gasteiger partial charge is 0.303 e. The molecule has 4 atom stereocenters. The summed E-state index contributed by atoms with van der Waals surface area (Å²) in [7, 11) is -1.86. The lowest BCUT2D eigenvalue weighted by Crippen LogP contribution is -2.58. The van der Waals surface area contributed by atoms with Gasteiger partial charge in [0.05, 0.1) is 6.26 Å². The number of ether oxygens (including phenoxy) is 1. The monoisotopic (exact) mass is 408 g/mol. The zero-order valence-electron chi connectivity index (χ0n) is 20.1. The first-order valence-electron chi connectivity index (χ1n) is 11.1. The number of fused-ring (bicyclic) bond motifs is 1. The third-order valence-electron chi connectivity index (χ3n) is 8.39. The van der Waals surface area contributed by atoms with Crippen LogP contribution in [0.4, 0.5) is 0 Å². The molecule has 0 radical (unpaired) electrons. The minimum Gasteiger partial charge on any atom is -0.549 e. The Morgan fingerprint density at radius 2 is 1.68 bits per heavy atom. The van der Waals surface area contributed by atoms with Crippen LogP contribution in [0, 0.1) is 22.7 Å². The number of rotatable bonds is 4. The summed E-state index contributed by atoms with van der Waals surface area (Å²) in [5, 5.41) is 0.169. The summed E-state index contributed by atoms with van der Waals surface area (Å²) in [5.74, 6) is 0.634. The zero-order chi connectivity index (χ0) is 21.6. The molecule has 0 aromatic rings. The quantitative estimate of drug-likeness (QED) is 0.283. The fourth-order valence-electron chi connectivity index (χ4n) is 5.87. The summed E-state index contributed by atoms with van der Waals surface area (Å²) in [6, 6.07) is 0. The van der Waals surface area contributed by atoms with Gasteiger partial charge in [-0.1, -0.05) is 48.0 Å². The van der Waals surface area contributed by atoms with Gasteiger partial charge in [0, 0.05) is 12.8 Å². The Morgan fingerprint density at radius 1 is 1.07 bits per heavy atom. The fraction of sp³-hybridized carbons (Fsp3) is 0.875. The van der Waals surface area contributed by atoms with Gasteiger partial charge in [-0.05, 0) is 73.6 Å². The molecule has 0 aromatic heterocycles. The molecule has 2 fully saturated rings. The third-order valence-corrected chi connectivity index (χ3v) is 12.7. The van der Waals surface area contributed by atoms with Gasteiger partial charge in [-0.25, -0.2) is 0 Å². The summed E-state index contributed by atoms with van der Waals surface area (Å²) in [6.45, 7) is 22.3. The second-order valence-corrected chi connectivity index (χ2v) is 16.8. The van der Waals surface area contributed by atoms with Gasteiger partial charge in [-0.15, -0.1) is 0 Å². The number of carbonyl (C=O) groups is 1. The molecule has 0 aliphatic heterocycles. The minimum atomic E-state index is -1.86. The molecule has 2 rings (SSSR count). The van der Waals surface area contributed by atoms with E-state index < -0.39 is 13.9 Å². The van der Waals surface area contributed by atoms with Crippen molar-refractivity contribution in [3.05, 3.63) is 12.3 Å². The molecule has 0 bridgehead atoms. The number of hydrogen-bond acceptors (Lipinski definition) is 3. The highest BCUT2D eigenvalue weighted by Gasteiger charge is 2.59. The van der Waals surface area contributed by atoms with Crippen LogP contribution in [0.25, 0.3) is 0 Å². The van der Waals surface area contributed by atoms with E-state index in [0.717, 1.165) is 12.8 Å². The maximum Gasteiger partial charge on any atom is 0.303 e. The molecule has 0 aromatic carbocycles. The van der Waals surface area contributed by atoms with Gasteiger partial charge in [0.25, 0.3) is 0 Å². The van der Waals surface area contributed by atoms with Crippen molar-refractivity contribution in [3.63, 3.8) is 0 Å². The molecule has 2 saturated carbocycles. The second-order valence-electron chi connectivity index (χ2n) is 12.0. The SMILES string of the molecule is CC(=O)O[C@]1(C)CC[C@H]2C(C)(C)CCC[C@]2(C)[C@H]1/C=C/O[Si](C)(C)C(C)(C)C. The van der Waals surface area contributed by atoms with E-state index in [1.165, 1.54) is 26.2 Å². The van der Waals surface area contributed by atoms with Crippen LogP contribution in [0.3, 0.4) is 0 Å². The van der Waals surface area contributed by atoms with Gasteiger partial charge in [0.1, 0.15) is 5.60 Å². The van der Waals surface area contributed by atoms with E-state index in [2.05, 4.69) is 67.6 Å². The van der Waals surface area contributed by atoms with Crippen LogP contribution < -0.4 is 0 Å². The molecule has 3 nitrogen and oxygen atoms in total. The lowest BCUT2D eigenvalue weighted by molar-refractivity contribution is -0.188. The molecule has 162 valence electrons. The van der Waals surface area contributed by atoms with Crippen LogP contribution in [-0.2, 0) is 14.0 Å². The van der Waals surface area contributed by atoms with Crippen LogP contribution >= 0.6 is 0 Å². The summed E-state index contributed by atoms with van der Waals surface area (Å²) in [5.41, 5.74) is -0.00772. The molecule has 2 aliphatic carbocycles. The van der Waals surface area contributed by atoms with Gasteiger partial charge >= 0.3 is 5.97 Å². The highest BCUT2D eigenvalue weighted by Crippen LogP contribution is 2.63. The summed E-state index contributed by atoms with van der Waals surface area (Å²) in [4.78, 5) is 11.9. The molecule has 0 unspecified atom stereocenters. The molecular formula is C24H44O3Si. The average molecular weight is 409 g/mol. The van der Waals surface area contributed by atoms with E-state index in [4.69, 9.17) is 9.16 Å². The normalized spacial score (nSPS) is 36.1. The maximum absolute atomic E-state index is 11.9. The van der Waals surface area contributed by atoms with Crippen LogP contribution in [0.2, 0.25) is 18.1 Å². The summed E-state index contributed by atoms with van der Waals surface area (Å²) < 4.78 is 12.4. The van der Waals surface area contributed by atoms with Crippen molar-refractivity contribution < 1.29 is 14.0 Å². The molecule has 0 spiro atoms. The van der Waals surface area contributed by atoms with Crippen LogP contribution in [0.5, 0.6) is 0 Å². The Bertz CT molecular complexity index is 616. The standard InChI is InChI=1S/C24H44O3Si/c1-18(25)27-24(8)16-12-19-22(5,6)14-11-15-23(19,7)20(24)13-17-26-28(9,10)21(2,3)4/h13,17,19-20H,11-12,14-16H2,1-10H3/b17-13+/t19-,20+,23-,24+/m0/s1. The topological polar surface area (TPSA) is 35.5 Å². The predicted molar refractivity (Wildman–Crippen MR) is 120 cm³/mol. The Balaban J connectivity index is 2.39. The Labute approximate surface area is 174 Å². The first-order valence-corrected chi connectivity index (χ1v) is 14.0. The molecular weight excluding hydrogens is 364 g/mol. The van der Waals surface area contributed by atoms with E-state index in [9.17, 15) is 4.79 Å². The van der Waals surface area contributed by atoms with E-state index in [1.807, 2.05) is 6.26 Å². The largest absolute Gasteiger partial charge is 0.549 e. The maximum atomic E-state index is 11.9. The molecule has 0 saturated heterocycles. The van der Waals surface area contributed by atoms with E-state index >= 15 is 0 Å². The first-order chi connectivity index (χ1) is 12.6. The van der Waals surface area contributed by atoms with Gasteiger partial charge in [0.15, 0.2) is 0 Å². The van der Waals surface area contributed by atoms with Crippen molar-refractivity contribution in [2.75, 3.05) is 0 Å². The van der Waals surface area contributed by atoms with Crippen molar-refractivity contribution in [2.24, 2.45) is 22.7 Å². The fourth-order valence-corrected chi connectivity index (χ4v) is 6.65. The van der Waals surface area contributed by atoms with Crippen molar-refractivity contribution >= 4 is 14.3 Å². The van der Waals surface area contributed by atoms with Crippen molar-refractivity contribution in [3.8, 4) is 0 Å². The van der Waals surface area contributed by atoms with Crippen molar-refractivity contribution in [2.45, 2.75) is 111 Å². The Hall–Kier alpha value is -0.773. The molecule has 2 aliphatic rings. The molecule has 0 heterocycles. The molecule has 28 heavy (non-hydrogen) atoms. The second kappa shape index (κ2) is 7.48. The lowest BCUT2D eigenvalue weighted by Gasteiger charge is -2.61. The van der Waals surface area contributed by atoms with Crippen LogP contribution in [0.1, 0.15) is 87.5 Å². The van der Waals surface area contributed by atoms with E-state index in [1.54, 1.807) is 0 Å². The van der Waals surface area contributed by atoms with Gasteiger partial charge in [0.2, 0.25) is 8.32 Å². The average Bonchev–Trinajstić information content (AvgIpc) is 2.47. The van der Waals surface area contributed by atoms with Gasteiger partial charge in [-0.2, -0.15) is 0 Å². The summed E-state index contributed by atoms with van der Waals surface area (Å²) >= 11 is 0. The van der Waals surface area contributed by atoms with Gasteiger partial charge < -0.3 is 9.16 Å².